The average Bonchev–Trinajstić information content (AvgIpc) is 3.51. The zero-order valence-corrected chi connectivity index (χ0v) is 29.1. The third-order valence-electron chi connectivity index (χ3n) is 9.32. The van der Waals surface area contributed by atoms with E-state index in [0.29, 0.717) is 29.9 Å². The van der Waals surface area contributed by atoms with Crippen molar-refractivity contribution in [1.82, 2.24) is 9.80 Å². The molecule has 0 bridgehead atoms. The fourth-order valence-electron chi connectivity index (χ4n) is 6.45. The number of nitro benzene ring substituents is 2. The van der Waals surface area contributed by atoms with Crippen molar-refractivity contribution in [2.75, 3.05) is 13.1 Å². The summed E-state index contributed by atoms with van der Waals surface area (Å²) < 4.78 is 0. The molecule has 1 saturated heterocycles. The molecule has 2 unspecified atom stereocenters. The minimum absolute atomic E-state index is 0.00973. The number of imide groups is 2. The lowest BCUT2D eigenvalue weighted by molar-refractivity contribution is -0.385. The number of amides is 4. The number of nitrogens with zero attached hydrogens (tertiary/aromatic N) is 5. The lowest BCUT2D eigenvalue weighted by Crippen LogP contribution is -2.38. The highest BCUT2D eigenvalue weighted by Gasteiger charge is 2.76. The predicted molar refractivity (Wildman–Crippen MR) is 188 cm³/mol. The minimum atomic E-state index is -0.738. The van der Waals surface area contributed by atoms with E-state index in [2.05, 4.69) is 18.9 Å². The van der Waals surface area contributed by atoms with Gasteiger partial charge in [0.1, 0.15) is 0 Å². The van der Waals surface area contributed by atoms with Gasteiger partial charge in [0.2, 0.25) is 11.8 Å². The van der Waals surface area contributed by atoms with Gasteiger partial charge in [-0.05, 0) is 25.8 Å². The molecule has 4 amide bonds. The Morgan fingerprint density at radius 1 is 0.740 bits per heavy atom. The van der Waals surface area contributed by atoms with Gasteiger partial charge in [-0.3, -0.25) is 49.2 Å². The van der Waals surface area contributed by atoms with Crippen LogP contribution in [0.3, 0.4) is 0 Å². The molecule has 2 fully saturated rings. The maximum absolute atomic E-state index is 12.6. The molecule has 2 atom stereocenters. The molecule has 50 heavy (non-hydrogen) atoms. The molecule has 2 aromatic carbocycles. The molecular weight excluding hydrogens is 644 g/mol. The van der Waals surface area contributed by atoms with Crippen molar-refractivity contribution < 1.29 is 29.0 Å². The van der Waals surface area contributed by atoms with Crippen molar-refractivity contribution in [2.24, 2.45) is 22.8 Å². The number of carbonyl (C=O) groups excluding carboxylic acids is 4. The number of hydrazone groups is 1. The summed E-state index contributed by atoms with van der Waals surface area (Å²) >= 11 is 0. The highest BCUT2D eigenvalue weighted by Crippen LogP contribution is 2.65. The van der Waals surface area contributed by atoms with E-state index in [4.69, 9.17) is 5.84 Å². The summed E-state index contributed by atoms with van der Waals surface area (Å²) in [6.45, 7) is 8.72. The number of likely N-dealkylation sites (tertiary alicyclic amines) is 1. The Morgan fingerprint density at radius 2 is 1.20 bits per heavy atom. The Morgan fingerprint density at radius 3 is 1.68 bits per heavy atom. The molecule has 14 nitrogen and oxygen atoms in total. The summed E-state index contributed by atoms with van der Waals surface area (Å²) in [6, 6.07) is 12.8. The van der Waals surface area contributed by atoms with Crippen LogP contribution in [0, 0.1) is 32.1 Å². The highest BCUT2D eigenvalue weighted by molar-refractivity contribution is 6.13. The summed E-state index contributed by atoms with van der Waals surface area (Å²) in [5.41, 5.74) is 0.677. The van der Waals surface area contributed by atoms with Gasteiger partial charge >= 0.3 is 0 Å². The van der Waals surface area contributed by atoms with Crippen molar-refractivity contribution in [2.45, 2.75) is 84.5 Å². The number of hydrogen-bond acceptors (Lipinski definition) is 10. The zero-order valence-electron chi connectivity index (χ0n) is 29.1. The standard InChI is InChI=1S/C18H22N2O4.C10H15NO2.C8H9N3O2/c1-3-4-5-8-11-19-16(21)14-15(17(19)22)18(14,2)12-9-6-7-10-13(12)20(23)24;1-2-3-4-5-8-11-9(12)6-7-10(11)13;1-6(10-9)7-4-2-3-5-8(7)11(12)13/h6-7,9-10,14-15H,3-5,8,11H2,1-2H3;6-7H,2-5,8H2,1H3;2-5H,9H2,1H3. The first kappa shape index (κ1) is 39.2. The predicted octanol–water partition coefficient (Wildman–Crippen LogP) is 5.82. The van der Waals surface area contributed by atoms with E-state index in [1.807, 2.05) is 0 Å². The Labute approximate surface area is 291 Å². The van der Waals surface area contributed by atoms with Crippen LogP contribution in [0.4, 0.5) is 11.4 Å². The first-order chi connectivity index (χ1) is 23.9. The van der Waals surface area contributed by atoms with Crippen molar-refractivity contribution >= 4 is 40.7 Å². The number of hydrogen-bond donors (Lipinski definition) is 1. The summed E-state index contributed by atoms with van der Waals surface area (Å²) in [4.78, 5) is 71.0. The summed E-state index contributed by atoms with van der Waals surface area (Å²) in [6.07, 6.45) is 11.0. The number of rotatable bonds is 14. The number of benzene rings is 2. The molecule has 3 aliphatic rings. The lowest BCUT2D eigenvalue weighted by Gasteiger charge is -2.23. The zero-order chi connectivity index (χ0) is 37.0. The van der Waals surface area contributed by atoms with Crippen LogP contribution in [0.2, 0.25) is 0 Å². The van der Waals surface area contributed by atoms with Crippen LogP contribution >= 0.6 is 0 Å². The highest BCUT2D eigenvalue weighted by atomic mass is 16.6. The smallest absolute Gasteiger partial charge is 0.278 e. The van der Waals surface area contributed by atoms with Gasteiger partial charge in [-0.1, -0.05) is 89.6 Å². The van der Waals surface area contributed by atoms with Crippen LogP contribution < -0.4 is 5.84 Å². The average molecular weight is 691 g/mol. The normalized spacial score (nSPS) is 20.6. The SMILES string of the molecule is CC(=NN)c1ccccc1[N+](=O)[O-].CCCCCCN1C(=O)C2C(C1=O)C2(C)c1ccccc1[N+](=O)[O-].CCCCCCN1C(=O)C=CC1=O. The van der Waals surface area contributed by atoms with Crippen molar-refractivity contribution in [3.63, 3.8) is 0 Å². The van der Waals surface area contributed by atoms with Crippen LogP contribution in [-0.4, -0.2) is 62.1 Å². The lowest BCUT2D eigenvalue weighted by atomic mass is 9.90. The fraction of sp³-hybridized carbons (Fsp3) is 0.472. The fourth-order valence-corrected chi connectivity index (χ4v) is 6.45. The molecule has 2 N–H and O–H groups in total. The van der Waals surface area contributed by atoms with Gasteiger partial charge < -0.3 is 5.84 Å². The topological polar surface area (TPSA) is 199 Å². The Hall–Kier alpha value is -5.27. The quantitative estimate of drug-likeness (QED) is 0.0634. The number of nitro groups is 2. The van der Waals surface area contributed by atoms with Crippen LogP contribution in [0.5, 0.6) is 0 Å². The number of piperidine rings is 1. The molecular formula is C36H46N6O8. The minimum Gasteiger partial charge on any atom is -0.323 e. The number of carbonyl (C=O) groups is 4. The summed E-state index contributed by atoms with van der Waals surface area (Å²) in [5.74, 6) is 3.48. The van der Waals surface area contributed by atoms with Crippen LogP contribution in [0.15, 0.2) is 65.8 Å². The van der Waals surface area contributed by atoms with Crippen LogP contribution in [0.1, 0.15) is 90.2 Å². The van der Waals surface area contributed by atoms with E-state index in [-0.39, 0.29) is 35.0 Å². The molecule has 14 heteroatoms. The van der Waals surface area contributed by atoms with E-state index in [0.717, 1.165) is 38.5 Å². The number of para-hydroxylation sites is 2. The molecule has 2 aromatic rings. The van der Waals surface area contributed by atoms with Crippen molar-refractivity contribution in [1.29, 1.82) is 0 Å². The van der Waals surface area contributed by atoms with Gasteiger partial charge in [0.05, 0.1) is 33.0 Å². The molecule has 0 radical (unpaired) electrons. The van der Waals surface area contributed by atoms with Crippen molar-refractivity contribution in [3.05, 3.63) is 92.0 Å². The maximum Gasteiger partial charge on any atom is 0.278 e. The molecule has 0 spiro atoms. The largest absolute Gasteiger partial charge is 0.323 e. The molecule has 5 rings (SSSR count). The molecule has 2 aliphatic heterocycles. The van der Waals surface area contributed by atoms with Gasteiger partial charge in [0.15, 0.2) is 0 Å². The Bertz CT molecular complexity index is 1610. The first-order valence-electron chi connectivity index (χ1n) is 17.0. The van der Waals surface area contributed by atoms with Gasteiger partial charge in [0, 0.05) is 48.4 Å². The van der Waals surface area contributed by atoms with Gasteiger partial charge in [-0.15, -0.1) is 0 Å². The van der Waals surface area contributed by atoms with E-state index >= 15 is 0 Å². The van der Waals surface area contributed by atoms with E-state index in [1.165, 1.54) is 46.9 Å². The third kappa shape index (κ3) is 8.84. The van der Waals surface area contributed by atoms with Gasteiger partial charge in [0.25, 0.3) is 23.2 Å². The number of nitrogens with two attached hydrogens (primary N) is 1. The monoisotopic (exact) mass is 690 g/mol. The summed E-state index contributed by atoms with van der Waals surface area (Å²) in [7, 11) is 0. The van der Waals surface area contributed by atoms with Gasteiger partial charge in [-0.2, -0.15) is 5.10 Å². The van der Waals surface area contributed by atoms with Crippen molar-refractivity contribution in [3.8, 4) is 0 Å². The second-order valence-corrected chi connectivity index (χ2v) is 12.6. The number of fused-ring (bicyclic) bond motifs is 1. The Balaban J connectivity index is 0.000000221. The molecule has 1 saturated carbocycles. The first-order valence-corrected chi connectivity index (χ1v) is 17.0. The van der Waals surface area contributed by atoms with Crippen LogP contribution in [0.25, 0.3) is 0 Å². The second-order valence-electron chi connectivity index (χ2n) is 12.6. The molecule has 1 aliphatic carbocycles. The third-order valence-corrected chi connectivity index (χ3v) is 9.32. The van der Waals surface area contributed by atoms with E-state index < -0.39 is 27.1 Å². The molecule has 2 heterocycles. The maximum atomic E-state index is 12.6. The second kappa shape index (κ2) is 17.9. The van der Waals surface area contributed by atoms with E-state index in [9.17, 15) is 39.4 Å². The number of unbranched alkanes of at least 4 members (excludes halogenated alkanes) is 6. The molecule has 268 valence electrons. The molecule has 0 aromatic heterocycles. The van der Waals surface area contributed by atoms with Gasteiger partial charge in [-0.25, -0.2) is 0 Å². The van der Waals surface area contributed by atoms with E-state index in [1.54, 1.807) is 50.2 Å². The van der Waals surface area contributed by atoms with Crippen LogP contribution in [-0.2, 0) is 24.6 Å². The Kier molecular flexibility index (Phi) is 14.0. The summed E-state index contributed by atoms with van der Waals surface area (Å²) in [5, 5.41) is 25.2.